The number of methoxy groups -OCH3 is 2. The summed E-state index contributed by atoms with van der Waals surface area (Å²) in [5.41, 5.74) is 9.86. The average Bonchev–Trinajstić information content (AvgIpc) is 2.97. The van der Waals surface area contributed by atoms with Crippen molar-refractivity contribution in [3.05, 3.63) is 39.8 Å². The molecule has 0 spiro atoms. The van der Waals surface area contributed by atoms with Crippen LogP contribution in [0.3, 0.4) is 0 Å². The van der Waals surface area contributed by atoms with Gasteiger partial charge in [0.15, 0.2) is 17.5 Å². The Morgan fingerprint density at radius 2 is 2.09 bits per heavy atom. The Balaban J connectivity index is 1.83. The molecule has 3 N–H and O–H groups in total. The van der Waals surface area contributed by atoms with Crippen molar-refractivity contribution in [1.29, 1.82) is 0 Å². The Bertz CT molecular complexity index is 670. The van der Waals surface area contributed by atoms with E-state index in [0.29, 0.717) is 19.0 Å². The van der Waals surface area contributed by atoms with E-state index in [1.807, 2.05) is 30.6 Å². The topological polar surface area (TPSA) is 81.8 Å². The second-order valence-electron chi connectivity index (χ2n) is 4.93. The number of benzene rings is 1. The fourth-order valence-electron chi connectivity index (χ4n) is 2.06. The van der Waals surface area contributed by atoms with Gasteiger partial charge in [-0.15, -0.1) is 11.3 Å². The van der Waals surface area contributed by atoms with Gasteiger partial charge in [0, 0.05) is 11.4 Å². The first kappa shape index (κ1) is 17.1. The Morgan fingerprint density at radius 3 is 2.74 bits per heavy atom. The van der Waals surface area contributed by atoms with Gasteiger partial charge >= 0.3 is 0 Å². The number of nitrogens with two attached hydrogens (primary N) is 1. The minimum absolute atomic E-state index is 0.443. The first-order valence-electron chi connectivity index (χ1n) is 7.27. The fraction of sp³-hybridized carbons (Fsp3) is 0.375. The smallest absolute Gasteiger partial charge is 0.188 e. The molecule has 0 fully saturated rings. The molecule has 0 amide bonds. The zero-order valence-corrected chi connectivity index (χ0v) is 14.4. The molecule has 2 rings (SSSR count). The van der Waals surface area contributed by atoms with Crippen LogP contribution in [0.4, 0.5) is 0 Å². The van der Waals surface area contributed by atoms with E-state index in [-0.39, 0.29) is 0 Å². The second kappa shape index (κ2) is 8.38. The summed E-state index contributed by atoms with van der Waals surface area (Å²) in [6.45, 7) is 3.24. The number of thiazole rings is 1. The van der Waals surface area contributed by atoms with Crippen molar-refractivity contribution in [2.24, 2.45) is 10.7 Å². The lowest BCUT2D eigenvalue weighted by Gasteiger charge is -2.10. The van der Waals surface area contributed by atoms with Gasteiger partial charge in [-0.2, -0.15) is 0 Å². The molecule has 0 radical (unpaired) electrons. The summed E-state index contributed by atoms with van der Waals surface area (Å²) in [4.78, 5) is 9.66. The molecule has 0 bridgehead atoms. The van der Waals surface area contributed by atoms with E-state index >= 15 is 0 Å². The van der Waals surface area contributed by atoms with Crippen molar-refractivity contribution in [2.75, 3.05) is 20.8 Å². The van der Waals surface area contributed by atoms with Crippen LogP contribution in [0, 0.1) is 6.92 Å². The van der Waals surface area contributed by atoms with Gasteiger partial charge < -0.3 is 20.5 Å². The summed E-state index contributed by atoms with van der Waals surface area (Å²) in [5, 5.41) is 3.12. The van der Waals surface area contributed by atoms with Gasteiger partial charge in [0.05, 0.1) is 32.0 Å². The number of aliphatic imine (C=N–C) groups is 1. The van der Waals surface area contributed by atoms with Crippen molar-refractivity contribution in [2.45, 2.75) is 19.9 Å². The van der Waals surface area contributed by atoms with Crippen LogP contribution in [-0.2, 0) is 13.0 Å². The van der Waals surface area contributed by atoms with Crippen LogP contribution in [0.1, 0.15) is 16.1 Å². The van der Waals surface area contributed by atoms with E-state index in [4.69, 9.17) is 15.2 Å². The number of hydrogen-bond acceptors (Lipinski definition) is 5. The highest BCUT2D eigenvalue weighted by Crippen LogP contribution is 2.27. The molecule has 0 aliphatic heterocycles. The molecule has 23 heavy (non-hydrogen) atoms. The molecule has 6 nitrogen and oxygen atoms in total. The monoisotopic (exact) mass is 334 g/mol. The van der Waals surface area contributed by atoms with E-state index in [1.165, 1.54) is 0 Å². The molecule has 0 aliphatic rings. The van der Waals surface area contributed by atoms with Crippen LogP contribution >= 0.6 is 11.3 Å². The summed E-state index contributed by atoms with van der Waals surface area (Å²) < 4.78 is 10.5. The van der Waals surface area contributed by atoms with Gasteiger partial charge in [-0.05, 0) is 31.0 Å². The number of rotatable bonds is 7. The molecule has 124 valence electrons. The molecular weight excluding hydrogens is 312 g/mol. The lowest BCUT2D eigenvalue weighted by molar-refractivity contribution is 0.354. The van der Waals surface area contributed by atoms with Gasteiger partial charge in [-0.3, -0.25) is 0 Å². The Hall–Kier alpha value is -2.28. The molecule has 0 saturated carbocycles. The van der Waals surface area contributed by atoms with Gasteiger partial charge in [0.1, 0.15) is 0 Å². The normalized spacial score (nSPS) is 11.3. The van der Waals surface area contributed by atoms with Crippen LogP contribution in [0.25, 0.3) is 0 Å². The molecule has 1 aromatic carbocycles. The van der Waals surface area contributed by atoms with Crippen molar-refractivity contribution in [3.8, 4) is 11.5 Å². The predicted octanol–water partition coefficient (Wildman–Crippen LogP) is 2.12. The van der Waals surface area contributed by atoms with Crippen molar-refractivity contribution in [1.82, 2.24) is 10.3 Å². The third kappa shape index (κ3) is 4.85. The quantitative estimate of drug-likeness (QED) is 0.599. The highest BCUT2D eigenvalue weighted by atomic mass is 32.1. The van der Waals surface area contributed by atoms with Gasteiger partial charge in [0.2, 0.25) is 0 Å². The van der Waals surface area contributed by atoms with Crippen LogP contribution in [0.2, 0.25) is 0 Å². The highest BCUT2D eigenvalue weighted by molar-refractivity contribution is 7.09. The number of hydrogen-bond donors (Lipinski definition) is 2. The van der Waals surface area contributed by atoms with E-state index in [2.05, 4.69) is 15.3 Å². The summed E-state index contributed by atoms with van der Waals surface area (Å²) in [6, 6.07) is 5.88. The number of ether oxygens (including phenoxy) is 2. The van der Waals surface area contributed by atoms with E-state index in [0.717, 1.165) is 34.1 Å². The van der Waals surface area contributed by atoms with Crippen molar-refractivity contribution < 1.29 is 9.47 Å². The summed E-state index contributed by atoms with van der Waals surface area (Å²) >= 11 is 1.59. The molecule has 0 saturated heterocycles. The Kier molecular flexibility index (Phi) is 6.22. The minimum atomic E-state index is 0.443. The molecule has 0 atom stereocenters. The largest absolute Gasteiger partial charge is 0.493 e. The minimum Gasteiger partial charge on any atom is -0.493 e. The van der Waals surface area contributed by atoms with E-state index in [9.17, 15) is 0 Å². The lowest BCUT2D eigenvalue weighted by atomic mass is 10.1. The van der Waals surface area contributed by atoms with Gasteiger partial charge in [-0.1, -0.05) is 6.07 Å². The van der Waals surface area contributed by atoms with Crippen molar-refractivity contribution >= 4 is 17.3 Å². The third-order valence-corrected chi connectivity index (χ3v) is 4.33. The molecule has 7 heteroatoms. The van der Waals surface area contributed by atoms with Crippen molar-refractivity contribution in [3.63, 3.8) is 0 Å². The number of aryl methyl sites for hydroxylation is 1. The van der Waals surface area contributed by atoms with Gasteiger partial charge in [0.25, 0.3) is 0 Å². The second-order valence-corrected chi connectivity index (χ2v) is 5.87. The Morgan fingerprint density at radius 1 is 1.30 bits per heavy atom. The molecule has 1 aromatic heterocycles. The number of nitrogens with one attached hydrogen (secondary N) is 1. The zero-order valence-electron chi connectivity index (χ0n) is 13.6. The number of guanidine groups is 1. The first-order chi connectivity index (χ1) is 11.1. The third-order valence-electron chi connectivity index (χ3n) is 3.41. The Labute approximate surface area is 140 Å². The molecule has 1 heterocycles. The highest BCUT2D eigenvalue weighted by Gasteiger charge is 2.05. The predicted molar refractivity (Wildman–Crippen MR) is 93.4 cm³/mol. The van der Waals surface area contributed by atoms with E-state index < -0.39 is 0 Å². The standard InChI is InChI=1S/C16H22N4O2S/c1-11-15(23-10-20-11)9-19-16(17)18-7-6-12-4-5-13(21-2)14(8-12)22-3/h4-5,8,10H,6-7,9H2,1-3H3,(H3,17,18,19). The fourth-order valence-corrected chi connectivity index (χ4v) is 2.76. The van der Waals surface area contributed by atoms with Crippen LogP contribution in [0.15, 0.2) is 28.7 Å². The average molecular weight is 334 g/mol. The number of nitrogens with zero attached hydrogens (tertiary/aromatic N) is 2. The molecule has 0 unspecified atom stereocenters. The maximum Gasteiger partial charge on any atom is 0.188 e. The number of aromatic nitrogens is 1. The van der Waals surface area contributed by atoms with Crippen LogP contribution in [0.5, 0.6) is 11.5 Å². The summed E-state index contributed by atoms with van der Waals surface area (Å²) in [5.74, 6) is 1.90. The molecule has 0 aliphatic carbocycles. The maximum absolute atomic E-state index is 5.88. The zero-order chi connectivity index (χ0) is 16.7. The summed E-state index contributed by atoms with van der Waals surface area (Å²) in [7, 11) is 3.26. The maximum atomic E-state index is 5.88. The van der Waals surface area contributed by atoms with E-state index in [1.54, 1.807) is 25.6 Å². The van der Waals surface area contributed by atoms with Gasteiger partial charge in [-0.25, -0.2) is 9.98 Å². The SMILES string of the molecule is COc1ccc(CCNC(N)=NCc2scnc2C)cc1OC. The van der Waals surface area contributed by atoms with Crippen LogP contribution in [-0.4, -0.2) is 31.7 Å². The molecule has 2 aromatic rings. The molecular formula is C16H22N4O2S. The van der Waals surface area contributed by atoms with Crippen LogP contribution < -0.4 is 20.5 Å². The first-order valence-corrected chi connectivity index (χ1v) is 8.15. The summed E-state index contributed by atoms with van der Waals surface area (Å²) in [6.07, 6.45) is 0.816. The lowest BCUT2D eigenvalue weighted by Crippen LogP contribution is -2.33.